The summed E-state index contributed by atoms with van der Waals surface area (Å²) in [6.45, 7) is 1.44. The van der Waals surface area contributed by atoms with Crippen molar-refractivity contribution < 1.29 is 18.3 Å². The van der Waals surface area contributed by atoms with Crippen molar-refractivity contribution in [3.05, 3.63) is 59.7 Å². The van der Waals surface area contributed by atoms with Crippen LogP contribution in [0.25, 0.3) is 0 Å². The maximum atomic E-state index is 13.0. The fraction of sp³-hybridized carbons (Fsp3) is 0.300. The van der Waals surface area contributed by atoms with Gasteiger partial charge in [-0.1, -0.05) is 35.7 Å². The lowest BCUT2D eigenvalue weighted by molar-refractivity contribution is 0.194. The highest BCUT2D eigenvalue weighted by Crippen LogP contribution is 2.21. The number of hydrogen-bond acceptors (Lipinski definition) is 4. The summed E-state index contributed by atoms with van der Waals surface area (Å²) in [5, 5.41) is 9.84. The smallest absolute Gasteiger partial charge is 0.244 e. The second-order valence-electron chi connectivity index (χ2n) is 5.96. The van der Waals surface area contributed by atoms with Crippen LogP contribution in [-0.2, 0) is 16.4 Å². The molecule has 0 unspecified atom stereocenters. The summed E-state index contributed by atoms with van der Waals surface area (Å²) in [7, 11) is -2.24. The largest absolute Gasteiger partial charge is 0.497 e. The van der Waals surface area contributed by atoms with E-state index in [1.54, 1.807) is 43.5 Å². The van der Waals surface area contributed by atoms with Crippen molar-refractivity contribution in [3.63, 3.8) is 0 Å². The summed E-state index contributed by atoms with van der Waals surface area (Å²) in [4.78, 5) is 0.159. The Hall–Kier alpha value is -2.33. The Kier molecular flexibility index (Phi) is 6.81. The molecule has 0 amide bonds. The standard InChI is InChI=1S/C20H23NO4S/c1-4-13-21(26(23,24)20-11-5-16(2)6-12-20)18(15-22)14-17-7-9-19(25-3)10-8-17/h1,5-12,18,22H,13-15H2,2-3H3/t18-/m1/s1. The molecule has 2 aromatic rings. The summed E-state index contributed by atoms with van der Waals surface area (Å²) in [6.07, 6.45) is 5.74. The third-order valence-corrected chi connectivity index (χ3v) is 6.04. The number of nitrogens with zero attached hydrogens (tertiary/aromatic N) is 1. The molecule has 2 aromatic carbocycles. The van der Waals surface area contributed by atoms with Gasteiger partial charge < -0.3 is 9.84 Å². The lowest BCUT2D eigenvalue weighted by atomic mass is 10.1. The molecule has 0 radical (unpaired) electrons. The van der Waals surface area contributed by atoms with E-state index >= 15 is 0 Å². The number of aryl methyl sites for hydroxylation is 1. The molecule has 0 fully saturated rings. The van der Waals surface area contributed by atoms with E-state index in [2.05, 4.69) is 5.92 Å². The third kappa shape index (κ3) is 4.64. The maximum Gasteiger partial charge on any atom is 0.244 e. The average molecular weight is 373 g/mol. The first-order chi connectivity index (χ1) is 12.4. The first-order valence-corrected chi connectivity index (χ1v) is 9.62. The van der Waals surface area contributed by atoms with Crippen molar-refractivity contribution in [2.24, 2.45) is 0 Å². The number of aliphatic hydroxyl groups excluding tert-OH is 1. The van der Waals surface area contributed by atoms with Crippen LogP contribution in [0.4, 0.5) is 0 Å². The van der Waals surface area contributed by atoms with Crippen molar-refractivity contribution >= 4 is 10.0 Å². The number of ether oxygens (including phenoxy) is 1. The predicted octanol–water partition coefficient (Wildman–Crippen LogP) is 2.23. The molecule has 5 nitrogen and oxygen atoms in total. The van der Waals surface area contributed by atoms with E-state index in [9.17, 15) is 13.5 Å². The zero-order valence-electron chi connectivity index (χ0n) is 14.9. The molecule has 6 heteroatoms. The van der Waals surface area contributed by atoms with Gasteiger partial charge in [-0.3, -0.25) is 0 Å². The van der Waals surface area contributed by atoms with Crippen molar-refractivity contribution in [1.82, 2.24) is 4.31 Å². The molecule has 0 bridgehead atoms. The summed E-state index contributed by atoms with van der Waals surface area (Å²) in [6, 6.07) is 13.2. The van der Waals surface area contributed by atoms with E-state index in [4.69, 9.17) is 11.2 Å². The van der Waals surface area contributed by atoms with E-state index in [1.165, 1.54) is 4.31 Å². The Morgan fingerprint density at radius 2 is 1.77 bits per heavy atom. The molecule has 0 heterocycles. The Bertz CT molecular complexity index is 852. The zero-order chi connectivity index (χ0) is 19.2. The van der Waals surface area contributed by atoms with Crippen LogP contribution in [0.1, 0.15) is 11.1 Å². The molecule has 26 heavy (non-hydrogen) atoms. The molecule has 0 aliphatic rings. The van der Waals surface area contributed by atoms with Crippen LogP contribution in [0.15, 0.2) is 53.4 Å². The first-order valence-electron chi connectivity index (χ1n) is 8.18. The van der Waals surface area contributed by atoms with E-state index < -0.39 is 16.1 Å². The van der Waals surface area contributed by atoms with Crippen LogP contribution in [0.3, 0.4) is 0 Å². The van der Waals surface area contributed by atoms with Crippen LogP contribution >= 0.6 is 0 Å². The van der Waals surface area contributed by atoms with Gasteiger partial charge in [-0.25, -0.2) is 8.42 Å². The normalized spacial score (nSPS) is 12.6. The van der Waals surface area contributed by atoms with Crippen molar-refractivity contribution in [1.29, 1.82) is 0 Å². The number of terminal acetylenes is 1. The number of sulfonamides is 1. The van der Waals surface area contributed by atoms with Crippen molar-refractivity contribution in [2.45, 2.75) is 24.3 Å². The van der Waals surface area contributed by atoms with Gasteiger partial charge in [0.2, 0.25) is 10.0 Å². The minimum atomic E-state index is -3.82. The summed E-state index contributed by atoms with van der Waals surface area (Å²) < 4.78 is 32.4. The van der Waals surface area contributed by atoms with Gasteiger partial charge in [0.1, 0.15) is 5.75 Å². The Morgan fingerprint density at radius 1 is 1.15 bits per heavy atom. The molecular formula is C20H23NO4S. The van der Waals surface area contributed by atoms with Gasteiger partial charge in [0.25, 0.3) is 0 Å². The lowest BCUT2D eigenvalue weighted by Gasteiger charge is -2.28. The highest BCUT2D eigenvalue weighted by molar-refractivity contribution is 7.89. The van der Waals surface area contributed by atoms with Crippen LogP contribution in [0, 0.1) is 19.3 Å². The summed E-state index contributed by atoms with van der Waals surface area (Å²) in [5.74, 6) is 3.10. The molecule has 0 saturated heterocycles. The molecular weight excluding hydrogens is 350 g/mol. The number of methoxy groups -OCH3 is 1. The number of benzene rings is 2. The van der Waals surface area contributed by atoms with Crippen molar-refractivity contribution in [2.75, 3.05) is 20.3 Å². The molecule has 1 atom stereocenters. The van der Waals surface area contributed by atoms with Gasteiger partial charge in [0.15, 0.2) is 0 Å². The Labute approximate surface area is 155 Å². The fourth-order valence-corrected chi connectivity index (χ4v) is 4.17. The highest BCUT2D eigenvalue weighted by Gasteiger charge is 2.30. The van der Waals surface area contributed by atoms with Crippen LogP contribution in [0.5, 0.6) is 5.75 Å². The second kappa shape index (κ2) is 8.86. The van der Waals surface area contributed by atoms with E-state index in [0.717, 1.165) is 11.1 Å². The summed E-state index contributed by atoms with van der Waals surface area (Å²) >= 11 is 0. The quantitative estimate of drug-likeness (QED) is 0.721. The summed E-state index contributed by atoms with van der Waals surface area (Å²) in [5.41, 5.74) is 1.84. The average Bonchev–Trinajstić information content (AvgIpc) is 2.65. The SMILES string of the molecule is C#CCN([C@@H](CO)Cc1ccc(OC)cc1)S(=O)(=O)c1ccc(C)cc1. The van der Waals surface area contributed by atoms with Gasteiger partial charge >= 0.3 is 0 Å². The van der Waals surface area contributed by atoms with E-state index in [0.29, 0.717) is 12.2 Å². The third-order valence-electron chi connectivity index (χ3n) is 4.12. The van der Waals surface area contributed by atoms with Gasteiger partial charge in [-0.15, -0.1) is 6.42 Å². The highest BCUT2D eigenvalue weighted by atomic mass is 32.2. The monoisotopic (exact) mass is 373 g/mol. The molecule has 0 saturated carbocycles. The van der Waals surface area contributed by atoms with Gasteiger partial charge in [0, 0.05) is 0 Å². The predicted molar refractivity (Wildman–Crippen MR) is 101 cm³/mol. The molecule has 0 aromatic heterocycles. The lowest BCUT2D eigenvalue weighted by Crippen LogP contribution is -2.44. The minimum Gasteiger partial charge on any atom is -0.497 e. The van der Waals surface area contributed by atoms with E-state index in [-0.39, 0.29) is 18.0 Å². The van der Waals surface area contributed by atoms with Crippen LogP contribution < -0.4 is 4.74 Å². The van der Waals surface area contributed by atoms with Gasteiger partial charge in [-0.05, 0) is 43.2 Å². The minimum absolute atomic E-state index is 0.114. The Balaban J connectivity index is 2.32. The number of aliphatic hydroxyl groups is 1. The van der Waals surface area contributed by atoms with Crippen LogP contribution in [0.2, 0.25) is 0 Å². The fourth-order valence-electron chi connectivity index (χ4n) is 2.64. The number of hydrogen-bond donors (Lipinski definition) is 1. The zero-order valence-corrected chi connectivity index (χ0v) is 15.7. The number of rotatable bonds is 8. The molecule has 0 aliphatic carbocycles. The molecule has 0 aliphatic heterocycles. The molecule has 1 N–H and O–H groups in total. The second-order valence-corrected chi connectivity index (χ2v) is 7.85. The van der Waals surface area contributed by atoms with Gasteiger partial charge in [0.05, 0.1) is 31.2 Å². The topological polar surface area (TPSA) is 66.8 Å². The first kappa shape index (κ1) is 20.0. The van der Waals surface area contributed by atoms with Gasteiger partial charge in [-0.2, -0.15) is 4.31 Å². The maximum absolute atomic E-state index is 13.0. The molecule has 0 spiro atoms. The molecule has 138 valence electrons. The van der Waals surface area contributed by atoms with Crippen LogP contribution in [-0.4, -0.2) is 44.1 Å². The van der Waals surface area contributed by atoms with E-state index in [1.807, 2.05) is 19.1 Å². The van der Waals surface area contributed by atoms with Crippen molar-refractivity contribution in [3.8, 4) is 18.1 Å². The Morgan fingerprint density at radius 3 is 2.27 bits per heavy atom. The molecule has 2 rings (SSSR count).